The zero-order valence-corrected chi connectivity index (χ0v) is 22.7. The van der Waals surface area contributed by atoms with Crippen molar-refractivity contribution in [2.75, 3.05) is 25.5 Å². The van der Waals surface area contributed by atoms with Gasteiger partial charge in [0.15, 0.2) is 0 Å². The molecule has 0 saturated carbocycles. The Morgan fingerprint density at radius 1 is 1.19 bits per heavy atom. The number of urea groups is 1. The Kier molecular flexibility index (Phi) is 9.58. The maximum absolute atomic E-state index is 13.0. The molecule has 0 saturated heterocycles. The molecule has 198 valence electrons. The third-order valence-electron chi connectivity index (χ3n) is 6.40. The molecule has 0 atom stereocenters. The van der Waals surface area contributed by atoms with Gasteiger partial charge in [0.2, 0.25) is 0 Å². The average Bonchev–Trinajstić information content (AvgIpc) is 3.27. The maximum Gasteiger partial charge on any atom is 0.341 e. The predicted molar refractivity (Wildman–Crippen MR) is 143 cm³/mol. The molecule has 1 aliphatic heterocycles. The highest BCUT2D eigenvalue weighted by atomic mass is 35.5. The molecule has 0 radical (unpaired) electrons. The molecule has 0 unspecified atom stereocenters. The first kappa shape index (κ1) is 28.1. The number of ether oxygens (including phenoxy) is 3. The van der Waals surface area contributed by atoms with Crippen molar-refractivity contribution in [1.29, 1.82) is 0 Å². The Bertz CT molecular complexity index is 1220. The summed E-state index contributed by atoms with van der Waals surface area (Å²) in [5.41, 5.74) is 3.90. The van der Waals surface area contributed by atoms with Crippen molar-refractivity contribution in [3.63, 3.8) is 0 Å². The molecule has 37 heavy (non-hydrogen) atoms. The van der Waals surface area contributed by atoms with E-state index in [1.807, 2.05) is 33.8 Å². The number of amides is 2. The number of anilines is 1. The normalized spacial score (nSPS) is 12.6. The van der Waals surface area contributed by atoms with E-state index in [4.69, 9.17) is 25.8 Å². The van der Waals surface area contributed by atoms with Crippen molar-refractivity contribution in [2.24, 2.45) is 0 Å². The predicted octanol–water partition coefficient (Wildman–Crippen LogP) is 6.08. The zero-order valence-electron chi connectivity index (χ0n) is 21.9. The van der Waals surface area contributed by atoms with Crippen LogP contribution in [-0.2, 0) is 22.6 Å². The Labute approximate surface area is 222 Å². The third kappa shape index (κ3) is 6.43. The van der Waals surface area contributed by atoms with Crippen LogP contribution in [0.25, 0.3) is 0 Å². The summed E-state index contributed by atoms with van der Waals surface area (Å²) in [7, 11) is 1.56. The van der Waals surface area contributed by atoms with E-state index in [1.165, 1.54) is 0 Å². The first-order chi connectivity index (χ1) is 17.7. The molecule has 8 nitrogen and oxygen atoms in total. The number of allylic oxidation sites excluding steroid dienone is 2. The average molecular weight is 529 g/mol. The van der Waals surface area contributed by atoms with E-state index in [9.17, 15) is 14.4 Å². The van der Waals surface area contributed by atoms with E-state index in [0.29, 0.717) is 64.8 Å². The second-order valence-corrected chi connectivity index (χ2v) is 9.11. The fourth-order valence-electron chi connectivity index (χ4n) is 4.27. The number of benzene rings is 2. The number of nitrogens with zero attached hydrogens (tertiary/aromatic N) is 1. The van der Waals surface area contributed by atoms with Crippen molar-refractivity contribution >= 4 is 35.3 Å². The summed E-state index contributed by atoms with van der Waals surface area (Å²) in [5, 5.41) is 3.32. The molecule has 1 N–H and O–H groups in total. The van der Waals surface area contributed by atoms with E-state index in [1.54, 1.807) is 36.3 Å². The van der Waals surface area contributed by atoms with Gasteiger partial charge < -0.3 is 24.4 Å². The van der Waals surface area contributed by atoms with Gasteiger partial charge in [0, 0.05) is 30.6 Å². The van der Waals surface area contributed by atoms with Gasteiger partial charge in [-0.1, -0.05) is 35.4 Å². The lowest BCUT2D eigenvalue weighted by molar-refractivity contribution is -0.134. The van der Waals surface area contributed by atoms with Crippen LogP contribution >= 0.6 is 11.6 Å². The molecular weight excluding hydrogens is 496 g/mol. The van der Waals surface area contributed by atoms with Gasteiger partial charge >= 0.3 is 18.0 Å². The van der Waals surface area contributed by atoms with Crippen molar-refractivity contribution in [2.45, 2.75) is 53.6 Å². The van der Waals surface area contributed by atoms with Gasteiger partial charge in [0.1, 0.15) is 18.1 Å². The van der Waals surface area contributed by atoms with E-state index in [2.05, 4.69) is 5.32 Å². The minimum absolute atomic E-state index is 0.132. The molecule has 1 aliphatic rings. The molecule has 2 aromatic rings. The summed E-state index contributed by atoms with van der Waals surface area (Å²) >= 11 is 6.06. The quantitative estimate of drug-likeness (QED) is 0.228. The van der Waals surface area contributed by atoms with Crippen LogP contribution in [-0.4, -0.2) is 43.1 Å². The van der Waals surface area contributed by atoms with Crippen LogP contribution in [0.3, 0.4) is 0 Å². The number of fused-ring (bicyclic) bond motifs is 1. The summed E-state index contributed by atoms with van der Waals surface area (Å²) in [6.45, 7) is 8.75. The smallest absolute Gasteiger partial charge is 0.341 e. The zero-order chi connectivity index (χ0) is 27.1. The van der Waals surface area contributed by atoms with Gasteiger partial charge in [-0.15, -0.1) is 0 Å². The highest BCUT2D eigenvalue weighted by Crippen LogP contribution is 2.41. The van der Waals surface area contributed by atoms with Crippen LogP contribution in [0.2, 0.25) is 5.02 Å². The first-order valence-electron chi connectivity index (χ1n) is 12.3. The summed E-state index contributed by atoms with van der Waals surface area (Å²) in [6.07, 6.45) is 2.98. The molecule has 0 spiro atoms. The number of methoxy groups -OCH3 is 1. The standard InChI is InChI=1S/C28H33ClN2O6/c1-6-31(7-2)28(34)30-25-19(26(35-5)18(4)20-16-36-27(33)24(20)25)14-12-17(3)13-15-23(32)37-22-11-9-8-10-21(22)29/h8-12H,6-7,13-16H2,1-5H3,(H,30,34)/b17-12+. The highest BCUT2D eigenvalue weighted by molar-refractivity contribution is 6.32. The first-order valence-corrected chi connectivity index (χ1v) is 12.7. The number of hydrogen-bond donors (Lipinski definition) is 1. The summed E-state index contributed by atoms with van der Waals surface area (Å²) in [5.74, 6) is 0.0605. The van der Waals surface area contributed by atoms with Crippen molar-refractivity contribution < 1.29 is 28.6 Å². The van der Waals surface area contributed by atoms with Crippen molar-refractivity contribution in [3.05, 3.63) is 63.2 Å². The number of rotatable bonds is 10. The summed E-state index contributed by atoms with van der Waals surface area (Å²) in [4.78, 5) is 39.6. The number of para-hydroxylation sites is 1. The second kappa shape index (κ2) is 12.6. The van der Waals surface area contributed by atoms with E-state index >= 15 is 0 Å². The fourth-order valence-corrected chi connectivity index (χ4v) is 4.44. The molecule has 0 bridgehead atoms. The van der Waals surface area contributed by atoms with Gasteiger partial charge in [-0.05, 0) is 58.2 Å². The third-order valence-corrected chi connectivity index (χ3v) is 6.71. The van der Waals surface area contributed by atoms with Crippen LogP contribution < -0.4 is 14.8 Å². The maximum atomic E-state index is 13.0. The number of hydrogen-bond acceptors (Lipinski definition) is 6. The largest absolute Gasteiger partial charge is 0.496 e. The minimum atomic E-state index is -0.472. The lowest BCUT2D eigenvalue weighted by Gasteiger charge is -2.23. The van der Waals surface area contributed by atoms with Crippen LogP contribution in [0.4, 0.5) is 10.5 Å². The van der Waals surface area contributed by atoms with Crippen LogP contribution in [0, 0.1) is 6.92 Å². The molecule has 0 aliphatic carbocycles. The molecule has 3 rings (SSSR count). The van der Waals surface area contributed by atoms with Gasteiger partial charge in [-0.25, -0.2) is 9.59 Å². The number of cyclic esters (lactones) is 1. The van der Waals surface area contributed by atoms with Gasteiger partial charge in [-0.2, -0.15) is 0 Å². The minimum Gasteiger partial charge on any atom is -0.496 e. The molecule has 1 heterocycles. The van der Waals surface area contributed by atoms with Crippen LogP contribution in [0.5, 0.6) is 11.5 Å². The SMILES string of the molecule is CCN(CC)C(=O)Nc1c(C/C=C(\C)CCC(=O)Oc2ccccc2Cl)c(OC)c(C)c2c1C(=O)OC2. The molecule has 0 fully saturated rings. The summed E-state index contributed by atoms with van der Waals surface area (Å²) < 4.78 is 16.4. The summed E-state index contributed by atoms with van der Waals surface area (Å²) in [6, 6.07) is 6.51. The number of carbonyl (C=O) groups excluding carboxylic acids is 3. The Morgan fingerprint density at radius 2 is 1.89 bits per heavy atom. The lowest BCUT2D eigenvalue weighted by atomic mass is 9.93. The van der Waals surface area contributed by atoms with E-state index in [-0.39, 0.29) is 25.0 Å². The second-order valence-electron chi connectivity index (χ2n) is 8.70. The Hall–Kier alpha value is -3.52. The molecule has 9 heteroatoms. The molecule has 2 aromatic carbocycles. The molecule has 0 aromatic heterocycles. The Balaban J connectivity index is 1.85. The lowest BCUT2D eigenvalue weighted by Crippen LogP contribution is -2.35. The van der Waals surface area contributed by atoms with Gasteiger partial charge in [0.25, 0.3) is 0 Å². The van der Waals surface area contributed by atoms with Gasteiger partial charge in [-0.3, -0.25) is 4.79 Å². The van der Waals surface area contributed by atoms with Gasteiger partial charge in [0.05, 0.1) is 23.4 Å². The van der Waals surface area contributed by atoms with Crippen LogP contribution in [0.15, 0.2) is 35.9 Å². The van der Waals surface area contributed by atoms with Crippen LogP contribution in [0.1, 0.15) is 60.7 Å². The molecular formula is C28H33ClN2O6. The van der Waals surface area contributed by atoms with E-state index in [0.717, 1.165) is 11.1 Å². The number of nitrogens with one attached hydrogen (secondary N) is 1. The topological polar surface area (TPSA) is 94.2 Å². The number of esters is 2. The van der Waals surface area contributed by atoms with Crippen molar-refractivity contribution in [3.8, 4) is 11.5 Å². The highest BCUT2D eigenvalue weighted by Gasteiger charge is 2.33. The van der Waals surface area contributed by atoms with E-state index < -0.39 is 5.97 Å². The monoisotopic (exact) mass is 528 g/mol. The Morgan fingerprint density at radius 3 is 2.54 bits per heavy atom. The number of carbonyl (C=O) groups is 3. The fraction of sp³-hybridized carbons (Fsp3) is 0.393. The number of halogens is 1. The van der Waals surface area contributed by atoms with Crippen molar-refractivity contribution in [1.82, 2.24) is 4.90 Å². The molecule has 2 amide bonds.